The smallest absolute Gasteiger partial charge is 0.547 e. The molecule has 0 spiro atoms. The fourth-order valence-corrected chi connectivity index (χ4v) is 2.57. The molecule has 0 radical (unpaired) electrons. The van der Waals surface area contributed by atoms with E-state index >= 15 is 0 Å². The minimum absolute atomic E-state index is 0. The molecule has 1 saturated heterocycles. The van der Waals surface area contributed by atoms with Crippen LogP contribution in [0.2, 0.25) is 0 Å². The second-order valence-electron chi connectivity index (χ2n) is 5.11. The van der Waals surface area contributed by atoms with Gasteiger partial charge in [0.15, 0.2) is 6.10 Å². The number of hydrogen-bond donors (Lipinski definition) is 0. The van der Waals surface area contributed by atoms with Gasteiger partial charge in [0, 0.05) is 0 Å². The predicted molar refractivity (Wildman–Crippen MR) is 60.4 cm³/mol. The van der Waals surface area contributed by atoms with E-state index in [4.69, 9.17) is 4.74 Å². The molecule has 1 heterocycles. The number of epoxide rings is 1. The van der Waals surface area contributed by atoms with Crippen molar-refractivity contribution in [3.63, 3.8) is 0 Å². The summed E-state index contributed by atoms with van der Waals surface area (Å²) >= 11 is 0. The number of carbonyl (C=O) groups excluding carboxylic acids is 2. The number of aliphatic carboxylic acids is 1. The molecule has 2 atom stereocenters. The Kier molecular flexibility index (Phi) is 8.09. The van der Waals surface area contributed by atoms with Crippen molar-refractivity contribution in [2.75, 3.05) is 6.61 Å². The van der Waals surface area contributed by atoms with Gasteiger partial charge in [-0.15, -0.1) is 0 Å². The molecule has 0 N–H and O–H groups in total. The van der Waals surface area contributed by atoms with Crippen LogP contribution in [-0.4, -0.2) is 30.8 Å². The van der Waals surface area contributed by atoms with Gasteiger partial charge in [0.25, 0.3) is 0 Å². The molecule has 19 heavy (non-hydrogen) atoms. The van der Waals surface area contributed by atoms with Crippen LogP contribution in [0.5, 0.6) is 0 Å². The van der Waals surface area contributed by atoms with Crippen LogP contribution >= 0.6 is 0 Å². The van der Waals surface area contributed by atoms with E-state index in [1.165, 1.54) is 32.1 Å². The van der Waals surface area contributed by atoms with Crippen LogP contribution in [0.1, 0.15) is 44.9 Å². The van der Waals surface area contributed by atoms with E-state index < -0.39 is 24.1 Å². The summed E-state index contributed by atoms with van der Waals surface area (Å²) in [7, 11) is 0. The molecule has 0 aromatic heterocycles. The predicted octanol–water partition coefficient (Wildman–Crippen LogP) is -2.59. The van der Waals surface area contributed by atoms with E-state index in [1.54, 1.807) is 0 Å². The number of carboxylic acids is 1. The number of rotatable bonds is 6. The fraction of sp³-hybridized carbons (Fsp3) is 0.846. The van der Waals surface area contributed by atoms with Gasteiger partial charge < -0.3 is 19.4 Å². The Hall–Kier alpha value is 0.536. The molecule has 1 aliphatic carbocycles. The standard InChI is InChI=1S/C13H20O5.K/c14-12(15)10-11(18-10)13(16)17-8-4-7-9-5-2-1-3-6-9;/h9-11H,1-8H2,(H,14,15);/q;+1/p-1. The Bertz CT molecular complexity index is 314. The average Bonchev–Trinajstić information content (AvgIpc) is 3.16. The molecule has 1 saturated carbocycles. The third kappa shape index (κ3) is 5.81. The number of ether oxygens (including phenoxy) is 2. The zero-order valence-corrected chi connectivity index (χ0v) is 14.6. The summed E-state index contributed by atoms with van der Waals surface area (Å²) in [6.07, 6.45) is 6.43. The fourth-order valence-electron chi connectivity index (χ4n) is 2.57. The van der Waals surface area contributed by atoms with E-state index in [0.717, 1.165) is 18.8 Å². The first kappa shape index (κ1) is 17.6. The maximum absolute atomic E-state index is 11.3. The first-order chi connectivity index (χ1) is 8.68. The molecule has 2 fully saturated rings. The van der Waals surface area contributed by atoms with Gasteiger partial charge in [0.2, 0.25) is 0 Å². The van der Waals surface area contributed by atoms with E-state index in [1.807, 2.05) is 0 Å². The van der Waals surface area contributed by atoms with E-state index in [2.05, 4.69) is 4.74 Å². The maximum atomic E-state index is 11.3. The third-order valence-corrected chi connectivity index (χ3v) is 3.68. The number of carboxylic acid groups (broad SMARTS) is 1. The van der Waals surface area contributed by atoms with Crippen LogP contribution in [0.15, 0.2) is 0 Å². The maximum Gasteiger partial charge on any atom is 1.00 e. The van der Waals surface area contributed by atoms with Crippen molar-refractivity contribution >= 4 is 11.9 Å². The zero-order chi connectivity index (χ0) is 13.0. The van der Waals surface area contributed by atoms with E-state index in [-0.39, 0.29) is 51.4 Å². The molecule has 6 heteroatoms. The van der Waals surface area contributed by atoms with Gasteiger partial charge in [0.1, 0.15) is 6.10 Å². The van der Waals surface area contributed by atoms with Crippen LogP contribution in [0, 0.1) is 5.92 Å². The van der Waals surface area contributed by atoms with E-state index in [0.29, 0.717) is 6.61 Å². The normalized spacial score (nSPS) is 26.3. The minimum atomic E-state index is -1.35. The first-order valence-corrected chi connectivity index (χ1v) is 6.71. The van der Waals surface area contributed by atoms with Crippen molar-refractivity contribution in [1.29, 1.82) is 0 Å². The van der Waals surface area contributed by atoms with Crippen LogP contribution < -0.4 is 56.5 Å². The summed E-state index contributed by atoms with van der Waals surface area (Å²) < 4.78 is 9.63. The molecule has 0 aromatic carbocycles. The molecule has 0 aromatic rings. The molecule has 2 unspecified atom stereocenters. The van der Waals surface area contributed by atoms with Crippen molar-refractivity contribution in [2.24, 2.45) is 5.92 Å². The molecule has 2 rings (SSSR count). The topological polar surface area (TPSA) is 79.0 Å². The van der Waals surface area contributed by atoms with Crippen molar-refractivity contribution in [2.45, 2.75) is 57.2 Å². The summed E-state index contributed by atoms with van der Waals surface area (Å²) in [5.41, 5.74) is 0. The van der Waals surface area contributed by atoms with Crippen molar-refractivity contribution < 1.29 is 75.6 Å². The van der Waals surface area contributed by atoms with Gasteiger partial charge in [0.05, 0.1) is 12.6 Å². The summed E-state index contributed by atoms with van der Waals surface area (Å²) in [6.45, 7) is 0.356. The third-order valence-electron chi connectivity index (χ3n) is 3.68. The van der Waals surface area contributed by atoms with Crippen LogP contribution in [0.25, 0.3) is 0 Å². The van der Waals surface area contributed by atoms with Gasteiger partial charge >= 0.3 is 57.4 Å². The van der Waals surface area contributed by atoms with Gasteiger partial charge in [-0.2, -0.15) is 0 Å². The van der Waals surface area contributed by atoms with Gasteiger partial charge in [-0.3, -0.25) is 0 Å². The summed E-state index contributed by atoms with van der Waals surface area (Å²) in [6, 6.07) is 0. The van der Waals surface area contributed by atoms with E-state index in [9.17, 15) is 14.7 Å². The van der Waals surface area contributed by atoms with Crippen LogP contribution in [0.4, 0.5) is 0 Å². The largest absolute Gasteiger partial charge is 1.00 e. The number of hydrogen-bond acceptors (Lipinski definition) is 5. The van der Waals surface area contributed by atoms with Crippen molar-refractivity contribution in [3.05, 3.63) is 0 Å². The van der Waals surface area contributed by atoms with Crippen molar-refractivity contribution in [1.82, 2.24) is 0 Å². The second-order valence-corrected chi connectivity index (χ2v) is 5.11. The Morgan fingerprint density at radius 3 is 2.42 bits per heavy atom. The molecular formula is C13H19KO5. The van der Waals surface area contributed by atoms with Gasteiger partial charge in [-0.05, 0) is 18.8 Å². The van der Waals surface area contributed by atoms with Crippen molar-refractivity contribution in [3.8, 4) is 0 Å². The van der Waals surface area contributed by atoms with Gasteiger partial charge in [-0.25, -0.2) is 4.79 Å². The number of esters is 1. The second kappa shape index (κ2) is 8.74. The molecule has 102 valence electrons. The van der Waals surface area contributed by atoms with Gasteiger partial charge in [-0.1, -0.05) is 32.1 Å². The zero-order valence-electron chi connectivity index (χ0n) is 11.4. The molecule has 2 aliphatic rings. The Morgan fingerprint density at radius 2 is 1.84 bits per heavy atom. The minimum Gasteiger partial charge on any atom is -0.547 e. The molecule has 0 amide bonds. The van der Waals surface area contributed by atoms with Crippen LogP contribution in [-0.2, 0) is 19.1 Å². The first-order valence-electron chi connectivity index (χ1n) is 6.71. The molecule has 0 bridgehead atoms. The SMILES string of the molecule is O=C([O-])C1OC1C(=O)OCCCC1CCCCC1.[K+]. The average molecular weight is 294 g/mol. The number of carbonyl (C=O) groups is 2. The Labute approximate surface area is 155 Å². The molecule has 5 nitrogen and oxygen atoms in total. The molecule has 1 aliphatic heterocycles. The Balaban J connectivity index is 0.00000180. The molecular weight excluding hydrogens is 275 g/mol. The monoisotopic (exact) mass is 294 g/mol. The summed E-state index contributed by atoms with van der Waals surface area (Å²) in [5.74, 6) is -1.16. The summed E-state index contributed by atoms with van der Waals surface area (Å²) in [5, 5.41) is 10.4. The summed E-state index contributed by atoms with van der Waals surface area (Å²) in [4.78, 5) is 21.7. The van der Waals surface area contributed by atoms with Crippen LogP contribution in [0.3, 0.4) is 0 Å². The Morgan fingerprint density at radius 1 is 1.16 bits per heavy atom. The quantitative estimate of drug-likeness (QED) is 0.232.